The number of fused-ring (bicyclic) bond motifs is 3. The van der Waals surface area contributed by atoms with E-state index < -0.39 is 80.4 Å². The van der Waals surface area contributed by atoms with Gasteiger partial charge in [-0.3, -0.25) is 44.7 Å². The summed E-state index contributed by atoms with van der Waals surface area (Å²) in [6, 6.07) is 3.30. The van der Waals surface area contributed by atoms with Crippen LogP contribution in [0.25, 0.3) is 0 Å². The van der Waals surface area contributed by atoms with Gasteiger partial charge in [-0.05, 0) is 12.5 Å². The molecule has 3 aliphatic heterocycles. The average molecular weight is 722 g/mol. The Kier molecular flexibility index (Phi) is 11.8. The number of nitrogens with one attached hydrogen (secondary N) is 3. The normalized spacial score (nSPS) is 14.1. The Hall–Kier alpha value is -5.69. The van der Waals surface area contributed by atoms with Gasteiger partial charge in [0, 0.05) is 29.3 Å². The second-order valence-electron chi connectivity index (χ2n) is 9.37. The second-order valence-corrected chi connectivity index (χ2v) is 9.66. The predicted molar refractivity (Wildman–Crippen MR) is 147 cm³/mol. The van der Waals surface area contributed by atoms with E-state index in [2.05, 4.69) is 16.0 Å². The number of aryl methyl sites for hydroxylation is 1. The van der Waals surface area contributed by atoms with Gasteiger partial charge in [-0.25, -0.2) is 14.4 Å². The zero-order valence-corrected chi connectivity index (χ0v) is 25.5. The Morgan fingerprint density at radius 1 is 0.574 bits per heavy atom. The summed E-state index contributed by atoms with van der Waals surface area (Å²) in [4.78, 5) is 100. The third-order valence-electron chi connectivity index (χ3n) is 6.21. The van der Waals surface area contributed by atoms with Crippen molar-refractivity contribution in [1.29, 1.82) is 0 Å². The molecule has 0 saturated carbocycles. The van der Waals surface area contributed by atoms with E-state index in [1.165, 1.54) is 6.07 Å². The predicted octanol–water partition coefficient (Wildman–Crippen LogP) is -2.97. The van der Waals surface area contributed by atoms with Gasteiger partial charge < -0.3 is 23.5 Å². The Morgan fingerprint density at radius 3 is 1.21 bits per heavy atom. The molecule has 0 atom stereocenters. The van der Waals surface area contributed by atoms with Gasteiger partial charge in [-0.15, -0.1) is 0 Å². The molecule has 6 heterocycles. The van der Waals surface area contributed by atoms with E-state index >= 15 is 0 Å². The van der Waals surface area contributed by atoms with E-state index in [9.17, 15) is 43.2 Å². The minimum absolute atomic E-state index is 0.0142. The second kappa shape index (κ2) is 15.5. The van der Waals surface area contributed by atoms with Crippen LogP contribution in [-0.4, -0.2) is 60.5 Å². The third-order valence-corrected chi connectivity index (χ3v) is 6.21. The van der Waals surface area contributed by atoms with Gasteiger partial charge >= 0.3 is 39.4 Å². The summed E-state index contributed by atoms with van der Waals surface area (Å²) in [5, 5.41) is 24.2. The number of aliphatic hydroxyl groups is 2. The summed E-state index contributed by atoms with van der Waals surface area (Å²) in [5.41, 5.74) is -0.569. The van der Waals surface area contributed by atoms with Crippen LogP contribution in [0.3, 0.4) is 0 Å². The van der Waals surface area contributed by atoms with E-state index in [0.717, 1.165) is 12.1 Å². The number of hydrogen-bond donors (Lipinski definition) is 5. The molecule has 19 nitrogen and oxygen atoms in total. The van der Waals surface area contributed by atoms with Gasteiger partial charge in [0.2, 0.25) is 17.7 Å². The summed E-state index contributed by atoms with van der Waals surface area (Å²) in [6.07, 6.45) is -0.383. The van der Waals surface area contributed by atoms with Crippen LogP contribution >= 0.6 is 0 Å². The fourth-order valence-corrected chi connectivity index (χ4v) is 4.47. The van der Waals surface area contributed by atoms with Gasteiger partial charge in [0.25, 0.3) is 17.7 Å². The molecule has 5 N–H and O–H groups in total. The molecule has 3 aliphatic rings. The Balaban J connectivity index is 0.000000184. The van der Waals surface area contributed by atoms with E-state index in [-0.39, 0.29) is 58.8 Å². The Bertz CT molecular complexity index is 1940. The maximum atomic E-state index is 11.4. The molecule has 47 heavy (non-hydrogen) atoms. The molecule has 0 radical (unpaired) electrons. The SMILES string of the molecule is Cc1cc(=O)oc2c1C(=O)NC(=O)C2.O=C1Cc2oc(=O)cc(CO)c2C(=O)N1.O=C1Cc2oc(=O)cc(CO)c2C(=O)N1.O=[Se]=O. The van der Waals surface area contributed by atoms with Crippen molar-refractivity contribution in [3.05, 3.63) is 100 Å². The van der Waals surface area contributed by atoms with E-state index in [1.54, 1.807) is 6.92 Å². The van der Waals surface area contributed by atoms with Gasteiger partial charge in [0.1, 0.15) is 17.3 Å². The van der Waals surface area contributed by atoms with Crippen molar-refractivity contribution < 1.29 is 59.9 Å². The molecule has 0 unspecified atom stereocenters. The Labute approximate surface area is 265 Å². The number of amides is 6. The van der Waals surface area contributed by atoms with Crippen LogP contribution in [0.5, 0.6) is 0 Å². The van der Waals surface area contributed by atoms with Gasteiger partial charge in [-0.2, -0.15) is 0 Å². The van der Waals surface area contributed by atoms with Crippen LogP contribution in [0.15, 0.2) is 45.8 Å². The fourth-order valence-electron chi connectivity index (χ4n) is 4.47. The zero-order chi connectivity index (χ0) is 35.0. The standard InChI is InChI=1S/2C9H7NO5.C9H7NO4.O2Se/c2*11-3-4-1-7(13)15-5-2-6(12)10-9(14)8(4)5;1-4-2-7(12)14-5-3-6(11)10-9(13)8(4)5;1-3-2/h2*1,11H,2-3H2,(H,10,12,14);2H,3H2,1H3,(H,10,11,13);. The van der Waals surface area contributed by atoms with Crippen molar-refractivity contribution in [3.8, 4) is 0 Å². The van der Waals surface area contributed by atoms with Crippen LogP contribution in [0.4, 0.5) is 0 Å². The van der Waals surface area contributed by atoms with Gasteiger partial charge in [-0.1, -0.05) is 0 Å². The van der Waals surface area contributed by atoms with Crippen molar-refractivity contribution >= 4 is 50.3 Å². The van der Waals surface area contributed by atoms with Crippen molar-refractivity contribution in [1.82, 2.24) is 16.0 Å². The summed E-state index contributed by atoms with van der Waals surface area (Å²) in [5.74, 6) is -3.10. The van der Waals surface area contributed by atoms with E-state index in [4.69, 9.17) is 31.1 Å². The number of hydrogen-bond acceptors (Lipinski definition) is 16. The first kappa shape index (κ1) is 35.8. The summed E-state index contributed by atoms with van der Waals surface area (Å²) in [7, 11) is 0. The van der Waals surface area contributed by atoms with E-state index in [0.29, 0.717) is 11.1 Å². The molecule has 3 aromatic heterocycles. The molecule has 0 aliphatic carbocycles. The molecular weight excluding hydrogens is 701 g/mol. The van der Waals surface area contributed by atoms with Crippen molar-refractivity contribution in [2.45, 2.75) is 39.4 Å². The summed E-state index contributed by atoms with van der Waals surface area (Å²) >= 11 is -1.62. The van der Waals surface area contributed by atoms with Crippen molar-refractivity contribution in [3.63, 3.8) is 0 Å². The fraction of sp³-hybridized carbons (Fsp3) is 0.222. The molecular formula is C27H21N3O16Se. The summed E-state index contributed by atoms with van der Waals surface area (Å²) < 4.78 is 31.1. The van der Waals surface area contributed by atoms with Crippen LogP contribution in [0, 0.1) is 6.92 Å². The molecule has 0 aromatic carbocycles. The molecule has 0 bridgehead atoms. The van der Waals surface area contributed by atoms with E-state index in [1.807, 2.05) is 0 Å². The minimum atomic E-state index is -1.62. The average Bonchev–Trinajstić information content (AvgIpc) is 2.95. The number of rotatable bonds is 2. The first-order valence-corrected chi connectivity index (χ1v) is 14.2. The third kappa shape index (κ3) is 8.73. The number of imide groups is 3. The molecule has 0 saturated heterocycles. The van der Waals surface area contributed by atoms with Gasteiger partial charge in [0.15, 0.2) is 0 Å². The van der Waals surface area contributed by atoms with Crippen LogP contribution in [0.2, 0.25) is 0 Å². The number of carbonyl (C=O) groups is 6. The van der Waals surface area contributed by atoms with Crippen LogP contribution < -0.4 is 32.8 Å². The number of aliphatic hydroxyl groups excluding tert-OH is 2. The van der Waals surface area contributed by atoms with Crippen LogP contribution in [-0.2, 0) is 54.5 Å². The molecule has 0 fully saturated rings. The molecule has 6 amide bonds. The molecule has 20 heteroatoms. The first-order valence-electron chi connectivity index (χ1n) is 12.8. The molecule has 246 valence electrons. The van der Waals surface area contributed by atoms with Gasteiger partial charge in [0.05, 0.1) is 49.2 Å². The first-order chi connectivity index (χ1) is 22.2. The quantitative estimate of drug-likeness (QED) is 0.130. The summed E-state index contributed by atoms with van der Waals surface area (Å²) in [6.45, 7) is 0.732. The molecule has 6 rings (SSSR count). The van der Waals surface area contributed by atoms with Crippen molar-refractivity contribution in [2.24, 2.45) is 0 Å². The van der Waals surface area contributed by atoms with Crippen LogP contribution in [0.1, 0.15) is 65.0 Å². The molecule has 3 aromatic rings. The topological polar surface area (TPSA) is 304 Å². The monoisotopic (exact) mass is 723 g/mol. The maximum absolute atomic E-state index is 11.4. The molecule has 0 spiro atoms. The zero-order valence-electron chi connectivity index (χ0n) is 23.8. The Morgan fingerprint density at radius 2 is 0.872 bits per heavy atom. The van der Waals surface area contributed by atoms with Crippen molar-refractivity contribution in [2.75, 3.05) is 0 Å². The number of carbonyl (C=O) groups excluding carboxylic acids is 6.